The van der Waals surface area contributed by atoms with Gasteiger partial charge in [-0.3, -0.25) is 9.59 Å². The number of carbonyl (C=O) groups is 2. The molecule has 0 radical (unpaired) electrons. The van der Waals surface area contributed by atoms with Gasteiger partial charge in [0.15, 0.2) is 0 Å². The summed E-state index contributed by atoms with van der Waals surface area (Å²) in [5.74, 6) is -0.398. The number of amides is 2. The second-order valence-corrected chi connectivity index (χ2v) is 5.23. The SMILES string of the molecule is O=C(/C=C/c1ccccc1)NCCNC(=O)c1ccc(Cl)cc1. The average molecular weight is 329 g/mol. The molecule has 2 N–H and O–H groups in total. The van der Waals surface area contributed by atoms with Crippen molar-refractivity contribution in [3.8, 4) is 0 Å². The van der Waals surface area contributed by atoms with Gasteiger partial charge in [-0.15, -0.1) is 0 Å². The van der Waals surface area contributed by atoms with Gasteiger partial charge >= 0.3 is 0 Å². The Morgan fingerprint density at radius 3 is 2.26 bits per heavy atom. The summed E-state index contributed by atoms with van der Waals surface area (Å²) < 4.78 is 0. The molecule has 2 aromatic carbocycles. The summed E-state index contributed by atoms with van der Waals surface area (Å²) in [6.45, 7) is 0.712. The van der Waals surface area contributed by atoms with Gasteiger partial charge in [0, 0.05) is 29.8 Å². The van der Waals surface area contributed by atoms with Crippen LogP contribution in [0.3, 0.4) is 0 Å². The van der Waals surface area contributed by atoms with E-state index in [0.717, 1.165) is 5.56 Å². The molecule has 0 bridgehead atoms. The standard InChI is InChI=1S/C18H17ClN2O2/c19-16-9-7-15(8-10-16)18(23)21-13-12-20-17(22)11-6-14-4-2-1-3-5-14/h1-11H,12-13H2,(H,20,22)(H,21,23)/b11-6+. The van der Waals surface area contributed by atoms with Crippen LogP contribution in [0.1, 0.15) is 15.9 Å². The lowest BCUT2D eigenvalue weighted by Crippen LogP contribution is -2.33. The largest absolute Gasteiger partial charge is 0.351 e. The van der Waals surface area contributed by atoms with Crippen LogP contribution in [0.25, 0.3) is 6.08 Å². The zero-order valence-corrected chi connectivity index (χ0v) is 13.2. The smallest absolute Gasteiger partial charge is 0.251 e. The Hall–Kier alpha value is -2.59. The Kier molecular flexibility index (Phi) is 6.39. The van der Waals surface area contributed by atoms with Gasteiger partial charge in [-0.25, -0.2) is 0 Å². The van der Waals surface area contributed by atoms with E-state index in [1.54, 1.807) is 30.3 Å². The van der Waals surface area contributed by atoms with E-state index in [2.05, 4.69) is 10.6 Å². The van der Waals surface area contributed by atoms with Gasteiger partial charge in [0.1, 0.15) is 0 Å². The molecule has 0 aliphatic heterocycles. The Morgan fingerprint density at radius 2 is 1.57 bits per heavy atom. The summed E-state index contributed by atoms with van der Waals surface area (Å²) >= 11 is 5.77. The van der Waals surface area contributed by atoms with E-state index in [1.165, 1.54) is 6.08 Å². The molecule has 0 heterocycles. The van der Waals surface area contributed by atoms with Crippen LogP contribution in [0.15, 0.2) is 60.7 Å². The number of halogens is 1. The number of nitrogens with one attached hydrogen (secondary N) is 2. The number of hydrogen-bond donors (Lipinski definition) is 2. The van der Waals surface area contributed by atoms with Crippen LogP contribution in [0, 0.1) is 0 Å². The molecule has 118 valence electrons. The van der Waals surface area contributed by atoms with Crippen molar-refractivity contribution < 1.29 is 9.59 Å². The highest BCUT2D eigenvalue weighted by atomic mass is 35.5. The minimum absolute atomic E-state index is 0.198. The van der Waals surface area contributed by atoms with E-state index in [-0.39, 0.29) is 11.8 Å². The number of carbonyl (C=O) groups excluding carboxylic acids is 2. The summed E-state index contributed by atoms with van der Waals surface area (Å²) in [5, 5.41) is 6.02. The monoisotopic (exact) mass is 328 g/mol. The molecule has 0 aromatic heterocycles. The Morgan fingerprint density at radius 1 is 0.913 bits per heavy atom. The second kappa shape index (κ2) is 8.76. The zero-order chi connectivity index (χ0) is 16.5. The van der Waals surface area contributed by atoms with Gasteiger partial charge in [-0.2, -0.15) is 0 Å². The normalized spacial score (nSPS) is 10.5. The van der Waals surface area contributed by atoms with E-state index in [0.29, 0.717) is 23.7 Å². The fourth-order valence-corrected chi connectivity index (χ4v) is 1.99. The molecule has 2 rings (SSSR count). The third-order valence-electron chi connectivity index (χ3n) is 3.04. The highest BCUT2D eigenvalue weighted by molar-refractivity contribution is 6.30. The van der Waals surface area contributed by atoms with Gasteiger partial charge < -0.3 is 10.6 Å². The van der Waals surface area contributed by atoms with Crippen LogP contribution >= 0.6 is 11.6 Å². The number of benzene rings is 2. The van der Waals surface area contributed by atoms with E-state index in [1.807, 2.05) is 30.3 Å². The predicted octanol–water partition coefficient (Wildman–Crippen LogP) is 2.90. The highest BCUT2D eigenvalue weighted by Crippen LogP contribution is 2.09. The van der Waals surface area contributed by atoms with Crippen LogP contribution in [-0.2, 0) is 4.79 Å². The average Bonchev–Trinajstić information content (AvgIpc) is 2.58. The topological polar surface area (TPSA) is 58.2 Å². The van der Waals surface area contributed by atoms with Crippen molar-refractivity contribution in [3.05, 3.63) is 76.8 Å². The lowest BCUT2D eigenvalue weighted by Gasteiger charge is -2.06. The Bertz CT molecular complexity index is 682. The predicted molar refractivity (Wildman–Crippen MR) is 92.3 cm³/mol. The quantitative estimate of drug-likeness (QED) is 0.633. The number of rotatable bonds is 6. The lowest BCUT2D eigenvalue weighted by molar-refractivity contribution is -0.116. The number of hydrogen-bond acceptors (Lipinski definition) is 2. The summed E-state index contributed by atoms with van der Waals surface area (Å²) in [5.41, 5.74) is 1.49. The van der Waals surface area contributed by atoms with Crippen LogP contribution < -0.4 is 10.6 Å². The van der Waals surface area contributed by atoms with Crippen LogP contribution in [0.2, 0.25) is 5.02 Å². The first kappa shape index (κ1) is 16.8. The summed E-state index contributed by atoms with van der Waals surface area (Å²) in [4.78, 5) is 23.5. The van der Waals surface area contributed by atoms with E-state index in [4.69, 9.17) is 11.6 Å². The maximum absolute atomic E-state index is 11.8. The van der Waals surface area contributed by atoms with Gasteiger partial charge in [0.05, 0.1) is 0 Å². The van der Waals surface area contributed by atoms with Gasteiger partial charge in [0.2, 0.25) is 5.91 Å². The Labute approximate surface area is 140 Å². The molecule has 0 fully saturated rings. The van der Waals surface area contributed by atoms with E-state index < -0.39 is 0 Å². The molecule has 4 nitrogen and oxygen atoms in total. The van der Waals surface area contributed by atoms with Gasteiger partial charge in [-0.1, -0.05) is 41.9 Å². The molecule has 0 atom stereocenters. The maximum atomic E-state index is 11.8. The first-order valence-corrected chi connectivity index (χ1v) is 7.58. The molecule has 2 amide bonds. The third kappa shape index (κ3) is 5.96. The third-order valence-corrected chi connectivity index (χ3v) is 3.29. The van der Waals surface area contributed by atoms with Crippen LogP contribution in [0.5, 0.6) is 0 Å². The molecular formula is C18H17ClN2O2. The van der Waals surface area contributed by atoms with Crippen molar-refractivity contribution >= 4 is 29.5 Å². The molecule has 23 heavy (non-hydrogen) atoms. The maximum Gasteiger partial charge on any atom is 0.251 e. The fourth-order valence-electron chi connectivity index (χ4n) is 1.86. The minimum Gasteiger partial charge on any atom is -0.351 e. The zero-order valence-electron chi connectivity index (χ0n) is 12.5. The highest BCUT2D eigenvalue weighted by Gasteiger charge is 2.04. The molecule has 0 aliphatic rings. The molecule has 0 unspecified atom stereocenters. The summed E-state index contributed by atoms with van der Waals surface area (Å²) in [6, 6.07) is 16.2. The van der Waals surface area contributed by atoms with Gasteiger partial charge in [-0.05, 0) is 35.9 Å². The molecule has 5 heteroatoms. The molecule has 0 spiro atoms. The van der Waals surface area contributed by atoms with Crippen molar-refractivity contribution in [3.63, 3.8) is 0 Å². The minimum atomic E-state index is -0.199. The summed E-state index contributed by atoms with van der Waals surface area (Å²) in [7, 11) is 0. The van der Waals surface area contributed by atoms with E-state index in [9.17, 15) is 9.59 Å². The van der Waals surface area contributed by atoms with Gasteiger partial charge in [0.25, 0.3) is 5.91 Å². The van der Waals surface area contributed by atoms with Crippen LogP contribution in [-0.4, -0.2) is 24.9 Å². The van der Waals surface area contributed by atoms with Crippen molar-refractivity contribution in [1.82, 2.24) is 10.6 Å². The van der Waals surface area contributed by atoms with Crippen molar-refractivity contribution in [2.75, 3.05) is 13.1 Å². The van der Waals surface area contributed by atoms with Crippen molar-refractivity contribution in [2.24, 2.45) is 0 Å². The first-order chi connectivity index (χ1) is 11.1. The Balaban J connectivity index is 1.68. The molecule has 0 saturated carbocycles. The van der Waals surface area contributed by atoms with Crippen molar-refractivity contribution in [2.45, 2.75) is 0 Å². The molecule has 2 aromatic rings. The first-order valence-electron chi connectivity index (χ1n) is 7.20. The second-order valence-electron chi connectivity index (χ2n) is 4.80. The molecule has 0 aliphatic carbocycles. The fraction of sp³-hybridized carbons (Fsp3) is 0.111. The summed E-state index contributed by atoms with van der Waals surface area (Å²) in [6.07, 6.45) is 3.21. The molecule has 0 saturated heterocycles. The molecular weight excluding hydrogens is 312 g/mol. The van der Waals surface area contributed by atoms with Crippen molar-refractivity contribution in [1.29, 1.82) is 0 Å². The van der Waals surface area contributed by atoms with Crippen LogP contribution in [0.4, 0.5) is 0 Å². The van der Waals surface area contributed by atoms with E-state index >= 15 is 0 Å². The lowest BCUT2D eigenvalue weighted by atomic mass is 10.2.